The summed E-state index contributed by atoms with van der Waals surface area (Å²) in [6.07, 6.45) is 2.51. The SMILES string of the molecule is CC(C)N1CCN([C@H]2CCC[C@@H](Oc3ccc(Cl)cc3)[C@@H]2O)CC1. The molecule has 1 saturated carbocycles. The highest BCUT2D eigenvalue weighted by Gasteiger charge is 2.37. The van der Waals surface area contributed by atoms with E-state index in [-0.39, 0.29) is 12.1 Å². The molecule has 2 fully saturated rings. The van der Waals surface area contributed by atoms with Gasteiger partial charge in [0.05, 0.1) is 0 Å². The maximum Gasteiger partial charge on any atom is 0.126 e. The Kier molecular flexibility index (Phi) is 6.03. The summed E-state index contributed by atoms with van der Waals surface area (Å²) in [6.45, 7) is 8.75. The molecular formula is C19H29ClN2O2. The number of hydrogen-bond acceptors (Lipinski definition) is 4. The first-order chi connectivity index (χ1) is 11.5. The van der Waals surface area contributed by atoms with Crippen LogP contribution in [0.4, 0.5) is 0 Å². The quantitative estimate of drug-likeness (QED) is 0.903. The fraction of sp³-hybridized carbons (Fsp3) is 0.684. The highest BCUT2D eigenvalue weighted by molar-refractivity contribution is 6.30. The minimum absolute atomic E-state index is 0.131. The third-order valence-electron chi connectivity index (χ3n) is 5.41. The number of hydrogen-bond donors (Lipinski definition) is 1. The molecule has 1 N–H and O–H groups in total. The van der Waals surface area contributed by atoms with Crippen molar-refractivity contribution in [1.82, 2.24) is 9.80 Å². The molecular weight excluding hydrogens is 324 g/mol. The van der Waals surface area contributed by atoms with E-state index in [0.717, 1.165) is 51.2 Å². The van der Waals surface area contributed by atoms with Crippen LogP contribution in [0.2, 0.25) is 5.02 Å². The van der Waals surface area contributed by atoms with Crippen molar-refractivity contribution in [3.05, 3.63) is 29.3 Å². The van der Waals surface area contributed by atoms with Gasteiger partial charge >= 0.3 is 0 Å². The van der Waals surface area contributed by atoms with Crippen LogP contribution in [0.15, 0.2) is 24.3 Å². The fourth-order valence-corrected chi connectivity index (χ4v) is 4.04. The molecule has 1 aliphatic carbocycles. The molecule has 5 heteroatoms. The summed E-state index contributed by atoms with van der Waals surface area (Å²) in [7, 11) is 0. The lowest BCUT2D eigenvalue weighted by Crippen LogP contribution is -2.58. The maximum atomic E-state index is 10.9. The van der Waals surface area contributed by atoms with Crippen LogP contribution in [-0.4, -0.2) is 65.4 Å². The number of benzene rings is 1. The number of piperazine rings is 1. The molecule has 0 unspecified atom stereocenters. The summed E-state index contributed by atoms with van der Waals surface area (Å²) in [5, 5.41) is 11.6. The van der Waals surface area contributed by atoms with Crippen molar-refractivity contribution in [2.45, 2.75) is 57.4 Å². The Bertz CT molecular complexity index is 515. The molecule has 1 aromatic rings. The zero-order chi connectivity index (χ0) is 17.1. The third kappa shape index (κ3) is 4.23. The maximum absolute atomic E-state index is 10.9. The Hall–Kier alpha value is -0.810. The number of ether oxygens (including phenoxy) is 1. The van der Waals surface area contributed by atoms with Crippen LogP contribution in [-0.2, 0) is 0 Å². The van der Waals surface area contributed by atoms with E-state index in [9.17, 15) is 5.11 Å². The Morgan fingerprint density at radius 2 is 1.75 bits per heavy atom. The van der Waals surface area contributed by atoms with Gasteiger partial charge in [0, 0.05) is 43.3 Å². The molecule has 1 saturated heterocycles. The Balaban J connectivity index is 1.58. The standard InChI is InChI=1S/C19H29ClN2O2/c1-14(2)21-10-12-22(13-11-21)17-4-3-5-18(19(17)23)24-16-8-6-15(20)7-9-16/h6-9,14,17-19,23H,3-5,10-13H2,1-2H3/t17-,18+,19+/m0/s1. The fourth-order valence-electron chi connectivity index (χ4n) is 3.92. The van der Waals surface area contributed by atoms with E-state index < -0.39 is 6.10 Å². The van der Waals surface area contributed by atoms with Gasteiger partial charge in [-0.2, -0.15) is 0 Å². The predicted molar refractivity (Wildman–Crippen MR) is 97.8 cm³/mol. The molecule has 0 aromatic heterocycles. The molecule has 0 bridgehead atoms. The molecule has 2 aliphatic rings. The molecule has 3 rings (SSSR count). The van der Waals surface area contributed by atoms with E-state index in [1.807, 2.05) is 24.3 Å². The summed E-state index contributed by atoms with van der Waals surface area (Å²) < 4.78 is 6.06. The van der Waals surface area contributed by atoms with Gasteiger partial charge in [-0.3, -0.25) is 9.80 Å². The summed E-state index contributed by atoms with van der Waals surface area (Å²) in [5.74, 6) is 0.786. The molecule has 1 aliphatic heterocycles. The van der Waals surface area contributed by atoms with E-state index in [0.29, 0.717) is 11.1 Å². The first-order valence-electron chi connectivity index (χ1n) is 9.13. The van der Waals surface area contributed by atoms with E-state index in [1.165, 1.54) is 0 Å². The van der Waals surface area contributed by atoms with Gasteiger partial charge in [-0.05, 0) is 57.4 Å². The minimum Gasteiger partial charge on any atom is -0.488 e. The highest BCUT2D eigenvalue weighted by Crippen LogP contribution is 2.28. The van der Waals surface area contributed by atoms with Gasteiger partial charge in [0.1, 0.15) is 18.0 Å². The van der Waals surface area contributed by atoms with Gasteiger partial charge in [0.25, 0.3) is 0 Å². The van der Waals surface area contributed by atoms with Crippen molar-refractivity contribution >= 4 is 11.6 Å². The molecule has 0 radical (unpaired) electrons. The average Bonchev–Trinajstić information content (AvgIpc) is 2.59. The summed E-state index contributed by atoms with van der Waals surface area (Å²) in [5.41, 5.74) is 0. The largest absolute Gasteiger partial charge is 0.488 e. The van der Waals surface area contributed by atoms with Gasteiger partial charge < -0.3 is 9.84 Å². The first-order valence-corrected chi connectivity index (χ1v) is 9.51. The summed E-state index contributed by atoms with van der Waals surface area (Å²) >= 11 is 5.93. The van der Waals surface area contributed by atoms with Crippen molar-refractivity contribution in [3.63, 3.8) is 0 Å². The minimum atomic E-state index is -0.431. The Labute approximate surface area is 150 Å². The van der Waals surface area contributed by atoms with Gasteiger partial charge in [0.15, 0.2) is 0 Å². The molecule has 24 heavy (non-hydrogen) atoms. The number of aliphatic hydroxyl groups excluding tert-OH is 1. The topological polar surface area (TPSA) is 35.9 Å². The zero-order valence-corrected chi connectivity index (χ0v) is 15.5. The molecule has 1 aromatic carbocycles. The lowest BCUT2D eigenvalue weighted by atomic mass is 9.88. The van der Waals surface area contributed by atoms with E-state index in [4.69, 9.17) is 16.3 Å². The van der Waals surface area contributed by atoms with Crippen LogP contribution in [0.25, 0.3) is 0 Å². The van der Waals surface area contributed by atoms with Crippen LogP contribution < -0.4 is 4.74 Å². The van der Waals surface area contributed by atoms with Crippen LogP contribution in [0.3, 0.4) is 0 Å². The van der Waals surface area contributed by atoms with Gasteiger partial charge in [-0.25, -0.2) is 0 Å². The third-order valence-corrected chi connectivity index (χ3v) is 5.66. The number of aliphatic hydroxyl groups is 1. The van der Waals surface area contributed by atoms with E-state index in [2.05, 4.69) is 23.6 Å². The second kappa shape index (κ2) is 8.05. The monoisotopic (exact) mass is 352 g/mol. The smallest absolute Gasteiger partial charge is 0.126 e. The lowest BCUT2D eigenvalue weighted by Gasteiger charge is -2.45. The molecule has 4 nitrogen and oxygen atoms in total. The molecule has 1 heterocycles. The average molecular weight is 353 g/mol. The summed E-state index contributed by atoms with van der Waals surface area (Å²) in [6, 6.07) is 8.22. The van der Waals surface area contributed by atoms with Crippen LogP contribution >= 0.6 is 11.6 Å². The van der Waals surface area contributed by atoms with Crippen molar-refractivity contribution < 1.29 is 9.84 Å². The molecule has 134 valence electrons. The highest BCUT2D eigenvalue weighted by atomic mass is 35.5. The Morgan fingerprint density at radius 3 is 2.38 bits per heavy atom. The summed E-state index contributed by atoms with van der Waals surface area (Å²) in [4.78, 5) is 4.97. The normalized spacial score (nSPS) is 29.8. The number of rotatable bonds is 4. The number of halogens is 1. The van der Waals surface area contributed by atoms with E-state index in [1.54, 1.807) is 0 Å². The van der Waals surface area contributed by atoms with Gasteiger partial charge in [-0.15, -0.1) is 0 Å². The van der Waals surface area contributed by atoms with Crippen LogP contribution in [0.5, 0.6) is 5.75 Å². The van der Waals surface area contributed by atoms with Crippen molar-refractivity contribution in [1.29, 1.82) is 0 Å². The molecule has 0 spiro atoms. The van der Waals surface area contributed by atoms with Crippen LogP contribution in [0.1, 0.15) is 33.1 Å². The van der Waals surface area contributed by atoms with Crippen LogP contribution in [0, 0.1) is 0 Å². The van der Waals surface area contributed by atoms with E-state index >= 15 is 0 Å². The molecule has 3 atom stereocenters. The van der Waals surface area contributed by atoms with Crippen molar-refractivity contribution in [2.24, 2.45) is 0 Å². The molecule has 0 amide bonds. The zero-order valence-electron chi connectivity index (χ0n) is 14.7. The number of nitrogens with zero attached hydrogens (tertiary/aromatic N) is 2. The van der Waals surface area contributed by atoms with Gasteiger partial charge in [-0.1, -0.05) is 11.6 Å². The van der Waals surface area contributed by atoms with Crippen molar-refractivity contribution in [2.75, 3.05) is 26.2 Å². The predicted octanol–water partition coefficient (Wildman–Crippen LogP) is 3.03. The second-order valence-electron chi connectivity index (χ2n) is 7.26. The first kappa shape index (κ1) is 18.0. The van der Waals surface area contributed by atoms with Gasteiger partial charge in [0.2, 0.25) is 0 Å². The van der Waals surface area contributed by atoms with Crippen molar-refractivity contribution in [3.8, 4) is 5.75 Å². The lowest BCUT2D eigenvalue weighted by molar-refractivity contribution is -0.0649. The Morgan fingerprint density at radius 1 is 1.08 bits per heavy atom. The second-order valence-corrected chi connectivity index (χ2v) is 7.70.